The maximum absolute atomic E-state index is 14.1. The largest absolute Gasteiger partial charge is 0.352 e. The van der Waals surface area contributed by atoms with Crippen molar-refractivity contribution in [1.29, 1.82) is 0 Å². The van der Waals surface area contributed by atoms with E-state index < -0.39 is 0 Å². The lowest BCUT2D eigenvalue weighted by molar-refractivity contribution is 0.0271. The third-order valence-corrected chi connectivity index (χ3v) is 3.99. The van der Waals surface area contributed by atoms with Crippen molar-refractivity contribution in [2.24, 2.45) is 5.92 Å². The van der Waals surface area contributed by atoms with Crippen LogP contribution in [-0.4, -0.2) is 12.5 Å². The van der Waals surface area contributed by atoms with E-state index in [1.54, 1.807) is 12.1 Å². The monoisotopic (exact) mass is 358 g/mol. The SMILES string of the molecule is CC.Cc1ccc(Nc2cc(C)ccc2C(=O)NOCC2CC2)c(F)c1. The number of halogens is 1. The average Bonchev–Trinajstić information content (AvgIpc) is 3.43. The molecule has 2 aromatic carbocycles. The van der Waals surface area contributed by atoms with Crippen molar-refractivity contribution in [3.63, 3.8) is 0 Å². The van der Waals surface area contributed by atoms with Crippen LogP contribution in [0.15, 0.2) is 36.4 Å². The topological polar surface area (TPSA) is 50.4 Å². The molecule has 1 fully saturated rings. The van der Waals surface area contributed by atoms with Crippen LogP contribution < -0.4 is 10.8 Å². The van der Waals surface area contributed by atoms with Gasteiger partial charge in [0.05, 0.1) is 23.5 Å². The molecule has 4 nitrogen and oxygen atoms in total. The highest BCUT2D eigenvalue weighted by Gasteiger charge is 2.22. The second kappa shape index (κ2) is 9.34. The van der Waals surface area contributed by atoms with Gasteiger partial charge in [0, 0.05) is 0 Å². The molecule has 0 aromatic heterocycles. The lowest BCUT2D eigenvalue weighted by Gasteiger charge is -2.14. The summed E-state index contributed by atoms with van der Waals surface area (Å²) in [4.78, 5) is 17.6. The molecule has 0 unspecified atom stereocenters. The first-order valence-electron chi connectivity index (χ1n) is 9.09. The Balaban J connectivity index is 0.00000117. The van der Waals surface area contributed by atoms with E-state index in [2.05, 4.69) is 10.8 Å². The Morgan fingerprint density at radius 2 is 1.73 bits per heavy atom. The minimum Gasteiger partial charge on any atom is -0.352 e. The van der Waals surface area contributed by atoms with E-state index >= 15 is 0 Å². The first-order chi connectivity index (χ1) is 12.5. The molecule has 0 saturated heterocycles. The molecule has 1 aliphatic carbocycles. The van der Waals surface area contributed by atoms with Gasteiger partial charge in [-0.05, 0) is 68.0 Å². The van der Waals surface area contributed by atoms with E-state index in [9.17, 15) is 9.18 Å². The summed E-state index contributed by atoms with van der Waals surface area (Å²) in [5, 5.41) is 3.01. The van der Waals surface area contributed by atoms with Gasteiger partial charge in [0.15, 0.2) is 0 Å². The van der Waals surface area contributed by atoms with Crippen LogP contribution >= 0.6 is 0 Å². The minimum atomic E-state index is -0.354. The molecule has 0 spiro atoms. The molecule has 1 saturated carbocycles. The van der Waals surface area contributed by atoms with Crippen molar-refractivity contribution in [3.8, 4) is 0 Å². The van der Waals surface area contributed by atoms with E-state index in [0.717, 1.165) is 24.0 Å². The lowest BCUT2D eigenvalue weighted by Crippen LogP contribution is -2.25. The summed E-state index contributed by atoms with van der Waals surface area (Å²) in [6.45, 7) is 8.28. The minimum absolute atomic E-state index is 0.333. The summed E-state index contributed by atoms with van der Waals surface area (Å²) in [6, 6.07) is 10.3. The summed E-state index contributed by atoms with van der Waals surface area (Å²) < 4.78 is 14.1. The van der Waals surface area contributed by atoms with Crippen LogP contribution in [0.1, 0.15) is 48.2 Å². The van der Waals surface area contributed by atoms with Gasteiger partial charge in [0.25, 0.3) is 5.91 Å². The first kappa shape index (κ1) is 19.9. The standard InChI is InChI=1S/C19H21FN2O2.C2H6/c1-12-4-8-17(16(20)9-12)21-18-10-13(2)3-7-15(18)19(23)22-24-11-14-5-6-14;1-2/h3-4,7-10,14,21H,5-6,11H2,1-2H3,(H,22,23);1-2H3. The fraction of sp³-hybridized carbons (Fsp3) is 0.381. The highest BCUT2D eigenvalue weighted by molar-refractivity contribution is 5.99. The predicted octanol–water partition coefficient (Wildman–Crippen LogP) is 5.28. The van der Waals surface area contributed by atoms with Crippen LogP contribution in [0.25, 0.3) is 0 Å². The molecule has 0 aliphatic heterocycles. The van der Waals surface area contributed by atoms with Crippen molar-refractivity contribution >= 4 is 17.3 Å². The van der Waals surface area contributed by atoms with Gasteiger partial charge < -0.3 is 5.32 Å². The van der Waals surface area contributed by atoms with Gasteiger partial charge in [-0.3, -0.25) is 9.63 Å². The second-order valence-corrected chi connectivity index (χ2v) is 6.34. The van der Waals surface area contributed by atoms with Gasteiger partial charge >= 0.3 is 0 Å². The average molecular weight is 358 g/mol. The van der Waals surface area contributed by atoms with E-state index in [1.165, 1.54) is 6.07 Å². The summed E-state index contributed by atoms with van der Waals surface area (Å²) in [5.41, 5.74) is 5.57. The molecule has 1 aliphatic rings. The van der Waals surface area contributed by atoms with Crippen molar-refractivity contribution in [2.45, 2.75) is 40.5 Å². The number of anilines is 2. The molecule has 3 rings (SSSR count). The first-order valence-corrected chi connectivity index (χ1v) is 9.09. The van der Waals surface area contributed by atoms with Crippen molar-refractivity contribution in [2.75, 3.05) is 11.9 Å². The number of carbonyl (C=O) groups excluding carboxylic acids is 1. The predicted molar refractivity (Wildman–Crippen MR) is 103 cm³/mol. The Labute approximate surface area is 154 Å². The molecule has 0 atom stereocenters. The number of rotatable bonds is 6. The molecule has 5 heteroatoms. The Bertz CT molecular complexity index is 758. The highest BCUT2D eigenvalue weighted by atomic mass is 19.1. The van der Waals surface area contributed by atoms with E-state index in [0.29, 0.717) is 29.5 Å². The van der Waals surface area contributed by atoms with Gasteiger partial charge in [-0.15, -0.1) is 0 Å². The van der Waals surface area contributed by atoms with Gasteiger partial charge in [-0.2, -0.15) is 0 Å². The number of hydrogen-bond acceptors (Lipinski definition) is 3. The van der Waals surface area contributed by atoms with Crippen LogP contribution in [-0.2, 0) is 4.84 Å². The number of benzene rings is 2. The van der Waals surface area contributed by atoms with Crippen molar-refractivity contribution in [3.05, 3.63) is 58.9 Å². The molecular formula is C21H27FN2O2. The highest BCUT2D eigenvalue weighted by Crippen LogP contribution is 2.29. The summed E-state index contributed by atoms with van der Waals surface area (Å²) >= 11 is 0. The van der Waals surface area contributed by atoms with Crippen molar-refractivity contribution in [1.82, 2.24) is 5.48 Å². The molecule has 2 N–H and O–H groups in total. The number of hydrogen-bond donors (Lipinski definition) is 2. The molecule has 1 amide bonds. The van der Waals surface area contributed by atoms with Crippen LogP contribution in [0.3, 0.4) is 0 Å². The number of amides is 1. The maximum atomic E-state index is 14.1. The normalized spacial score (nSPS) is 12.8. The molecule has 0 radical (unpaired) electrons. The van der Waals surface area contributed by atoms with Gasteiger partial charge in [-0.1, -0.05) is 26.0 Å². The smallest absolute Gasteiger partial charge is 0.276 e. The molecule has 2 aromatic rings. The van der Waals surface area contributed by atoms with E-state index in [4.69, 9.17) is 4.84 Å². The van der Waals surface area contributed by atoms with Crippen LogP contribution in [0.2, 0.25) is 0 Å². The van der Waals surface area contributed by atoms with Crippen molar-refractivity contribution < 1.29 is 14.0 Å². The lowest BCUT2D eigenvalue weighted by atomic mass is 10.1. The molecular weight excluding hydrogens is 331 g/mol. The Hall–Kier alpha value is -2.40. The molecule has 26 heavy (non-hydrogen) atoms. The van der Waals surface area contributed by atoms with Gasteiger partial charge in [0.2, 0.25) is 0 Å². The molecule has 140 valence electrons. The van der Waals surface area contributed by atoms with Gasteiger partial charge in [-0.25, -0.2) is 9.87 Å². The van der Waals surface area contributed by atoms with Crippen LogP contribution in [0.4, 0.5) is 15.8 Å². The zero-order valence-corrected chi connectivity index (χ0v) is 15.9. The number of nitrogens with one attached hydrogen (secondary N) is 2. The third-order valence-electron chi connectivity index (χ3n) is 3.99. The quantitative estimate of drug-likeness (QED) is 0.690. The van der Waals surface area contributed by atoms with E-state index in [1.807, 2.05) is 45.9 Å². The van der Waals surface area contributed by atoms with Gasteiger partial charge in [0.1, 0.15) is 5.82 Å². The van der Waals surface area contributed by atoms with Crippen LogP contribution in [0.5, 0.6) is 0 Å². The third kappa shape index (κ3) is 5.56. The zero-order valence-electron chi connectivity index (χ0n) is 15.9. The molecule has 0 heterocycles. The summed E-state index contributed by atoms with van der Waals surface area (Å²) in [5.74, 6) is -0.138. The molecule has 0 bridgehead atoms. The fourth-order valence-electron chi connectivity index (χ4n) is 2.39. The van der Waals surface area contributed by atoms with Crippen LogP contribution in [0, 0.1) is 25.6 Å². The summed E-state index contributed by atoms with van der Waals surface area (Å²) in [6.07, 6.45) is 2.31. The Morgan fingerprint density at radius 1 is 1.08 bits per heavy atom. The number of carbonyl (C=O) groups is 1. The zero-order chi connectivity index (χ0) is 19.1. The Morgan fingerprint density at radius 3 is 2.38 bits per heavy atom. The Kier molecular flexibility index (Phi) is 7.16. The fourth-order valence-corrected chi connectivity index (χ4v) is 2.39. The number of hydroxylamine groups is 1. The number of aryl methyl sites for hydroxylation is 2. The van der Waals surface area contributed by atoms with E-state index in [-0.39, 0.29) is 11.7 Å². The second-order valence-electron chi connectivity index (χ2n) is 6.34. The maximum Gasteiger partial charge on any atom is 0.276 e. The summed E-state index contributed by atoms with van der Waals surface area (Å²) in [7, 11) is 0.